The van der Waals surface area contributed by atoms with E-state index in [2.05, 4.69) is 90.1 Å². The minimum atomic E-state index is -1.08. The first-order valence-corrected chi connectivity index (χ1v) is 45.9. The molecule has 0 bridgehead atoms. The second kappa shape index (κ2) is 52.8. The molecule has 0 spiro atoms. The van der Waals surface area contributed by atoms with Crippen LogP contribution in [-0.2, 0) is 51.5 Å². The van der Waals surface area contributed by atoms with Gasteiger partial charge in [-0.05, 0) is 227 Å². The third-order valence-electron chi connectivity index (χ3n) is 21.5. The van der Waals surface area contributed by atoms with Gasteiger partial charge in [0, 0.05) is 98.0 Å². The number of aliphatic hydroxyl groups is 2. The molecule has 4 saturated heterocycles. The van der Waals surface area contributed by atoms with Crippen molar-refractivity contribution < 1.29 is 97.4 Å². The number of nitrogens with two attached hydrogens (primary N) is 2. The number of ether oxygens (including phenoxy) is 6. The number of amides is 9. The maximum Gasteiger partial charge on any atom is 0.305 e. The summed E-state index contributed by atoms with van der Waals surface area (Å²) in [4.78, 5) is 147. The number of aliphatic carboxylic acids is 1. The fourth-order valence-electron chi connectivity index (χ4n) is 14.7. The highest BCUT2D eigenvalue weighted by Gasteiger charge is 2.48. The summed E-state index contributed by atoms with van der Waals surface area (Å²) in [5.41, 5.74) is 16.0. The molecule has 9 amide bonds. The molecular formula is C102H115FN12O19S2. The van der Waals surface area contributed by atoms with Crippen molar-refractivity contribution in [3.05, 3.63) is 176 Å². The van der Waals surface area contributed by atoms with Gasteiger partial charge in [-0.2, -0.15) is 0 Å². The van der Waals surface area contributed by atoms with Gasteiger partial charge in [0.15, 0.2) is 23.1 Å². The number of halogens is 1. The first kappa shape index (κ1) is 104. The van der Waals surface area contributed by atoms with Crippen molar-refractivity contribution in [1.29, 1.82) is 0 Å². The number of carbonyl (C=O) groups is 10. The largest absolute Gasteiger partial charge is 0.493 e. The van der Waals surface area contributed by atoms with Crippen LogP contribution in [0.4, 0.5) is 16.0 Å². The number of nitrogen functional groups attached to an aromatic ring is 2. The first-order valence-electron chi connectivity index (χ1n) is 45.0. The van der Waals surface area contributed by atoms with E-state index in [0.717, 1.165) is 122 Å². The van der Waals surface area contributed by atoms with E-state index in [4.69, 9.17) is 51.3 Å². The summed E-state index contributed by atoms with van der Waals surface area (Å²) in [6.07, 6.45) is 16.2. The number of thiazole rings is 2. The number of imide groups is 4. The molecule has 0 saturated carbocycles. The number of anilines is 2. The number of benzene rings is 4. The predicted molar refractivity (Wildman–Crippen MR) is 513 cm³/mol. The standard InChI is InChI=1S/C46H50N6O9S.C25H28N4O2S.C21H24N2O8.C8H6.CH3F.CH4/c1-46(2,58)18-14-29-8-6-9-30(24-29)28-61-36-25-32(26-48-41(36)47)37-27-49-43(62-37)31-15-19-51(20-16-31)39(54)17-23-59-21-4-3-5-22-60-35-11-7-10-33-40(35)45(57)52(44(33)56)34-12-13-38(53)50-42(34)55;1-25(2,30)9-6-17-4-3-5-18(12-17)16-31-21-13-20(14-28-23(21)26)22-15-29-24(32-22)19-7-10-27-11-8-19;24-16-8-7-14(19(27)22-16)23-20(28)13-5-4-6-15(18(13)21(23)29)31-11-3-1-2-10-30-12-9-17(25)26;1-3-5-7-8-6-4-2;1-2;/h6-11,24-27,31,34,58H,3-5,12-13,15-17,19-23,28H2,1-2H3,(H2,47,48)(H,50,53,55);3-5,12-15,19,27,30H,7-8,10-11,16H2,1-2H3,(H2,26,28);4-6,14H,1-3,7-12H2,(H,25,26)(H,22,24,27);1-2H3;1H3;1H4/i;;;;1D;. The third-order valence-corrected chi connectivity index (χ3v) is 23.9. The van der Waals surface area contributed by atoms with Gasteiger partial charge in [-0.3, -0.25) is 72.8 Å². The molecule has 14 rings (SSSR count). The number of fused-ring (bicyclic) bond motifs is 2. The molecule has 10 N–H and O–H groups in total. The number of unbranched alkanes of at least 4 members (excludes halogenated alkanes) is 4. The van der Waals surface area contributed by atoms with E-state index in [1.807, 2.05) is 78.0 Å². The molecule has 2 unspecified atom stereocenters. The number of hydrogen-bond acceptors (Lipinski definition) is 27. The van der Waals surface area contributed by atoms with Crippen molar-refractivity contribution in [3.8, 4) is 103 Å². The third kappa shape index (κ3) is 31.4. The molecule has 4 fully saturated rings. The summed E-state index contributed by atoms with van der Waals surface area (Å²) < 4.78 is 50.2. The van der Waals surface area contributed by atoms with Crippen molar-refractivity contribution in [3.63, 3.8) is 0 Å². The van der Waals surface area contributed by atoms with Gasteiger partial charge >= 0.3 is 5.97 Å². The SMILES string of the molecule is C.CC#CC#CC#CC.CC(C)(O)C#Cc1cccc(COc2cc(-c3cnc(C4CCN(C(=O)CCOCCCCCOc5cccc6c5C(=O)N(C5CCC(=O)NC5=O)C6=O)CC4)s3)cnc2N)c1.CC(C)(O)C#Cc1cccc(COc2cc(-c3cnc(C4CCNCC4)s3)cnc2N)c1.O=C(O)CCOCCCCCOc1cccc2c1C(=O)N(C1CCC(=O)NC1=O)C2=O.[2H]CF. The quantitative estimate of drug-likeness (QED) is 0.0110. The number of carbonyl (C=O) groups excluding carboxylic acids is 9. The molecule has 0 radical (unpaired) electrons. The molecular weight excluding hydrogens is 1780 g/mol. The van der Waals surface area contributed by atoms with E-state index in [-0.39, 0.29) is 104 Å². The van der Waals surface area contributed by atoms with Crippen LogP contribution >= 0.6 is 22.7 Å². The summed E-state index contributed by atoms with van der Waals surface area (Å²) in [6, 6.07) is 26.7. The highest BCUT2D eigenvalue weighted by Crippen LogP contribution is 2.41. The molecule has 4 aromatic heterocycles. The van der Waals surface area contributed by atoms with Crippen LogP contribution in [0.15, 0.2) is 122 Å². The fourth-order valence-corrected chi connectivity index (χ4v) is 16.9. The number of nitrogens with zero attached hydrogens (tertiary/aromatic N) is 7. The lowest BCUT2D eigenvalue weighted by Gasteiger charge is -2.31. The van der Waals surface area contributed by atoms with E-state index in [0.29, 0.717) is 95.2 Å². The second-order valence-electron chi connectivity index (χ2n) is 32.8. The van der Waals surface area contributed by atoms with E-state index in [1.165, 1.54) is 17.1 Å². The number of hydrogen-bond donors (Lipinski definition) is 8. The van der Waals surface area contributed by atoms with Gasteiger partial charge in [-0.1, -0.05) is 79.3 Å². The van der Waals surface area contributed by atoms with Crippen LogP contribution < -0.4 is 46.4 Å². The van der Waals surface area contributed by atoms with Gasteiger partial charge in [0.05, 0.1) is 89.8 Å². The average molecular weight is 1900 g/mol. The molecule has 31 nitrogen and oxygen atoms in total. The Morgan fingerprint density at radius 3 is 1.36 bits per heavy atom. The molecule has 8 aromatic rings. The zero-order valence-corrected chi connectivity index (χ0v) is 77.8. The van der Waals surface area contributed by atoms with Crippen LogP contribution in [0.3, 0.4) is 0 Å². The molecule has 34 heteroatoms. The second-order valence-corrected chi connectivity index (χ2v) is 34.9. The number of piperidine rings is 4. The topological polar surface area (TPSA) is 436 Å². The number of nitrogens with one attached hydrogen (secondary N) is 3. The number of rotatable bonds is 32. The zero-order chi connectivity index (χ0) is 97.7. The Kier molecular flexibility index (Phi) is 40.5. The Labute approximate surface area is 800 Å². The molecule has 716 valence electrons. The van der Waals surface area contributed by atoms with Crippen LogP contribution in [0.25, 0.3) is 20.9 Å². The number of carboxylic acids is 1. The number of likely N-dealkylation sites (tertiary alicyclic amines) is 1. The smallest absolute Gasteiger partial charge is 0.305 e. The van der Waals surface area contributed by atoms with Crippen LogP contribution in [0.1, 0.15) is 239 Å². The summed E-state index contributed by atoms with van der Waals surface area (Å²) in [6.45, 7) is 16.2. The van der Waals surface area contributed by atoms with Gasteiger partial charge in [0.25, 0.3) is 23.6 Å². The van der Waals surface area contributed by atoms with Gasteiger partial charge in [-0.25, -0.2) is 19.9 Å². The lowest BCUT2D eigenvalue weighted by molar-refractivity contribution is -0.139. The molecule has 0 aliphatic carbocycles. The molecule has 10 heterocycles. The Morgan fingerprint density at radius 1 is 0.522 bits per heavy atom. The van der Waals surface area contributed by atoms with Crippen LogP contribution in [0, 0.1) is 59.2 Å². The van der Waals surface area contributed by atoms with E-state index in [9.17, 15) is 62.5 Å². The highest BCUT2D eigenvalue weighted by atomic mass is 32.1. The van der Waals surface area contributed by atoms with E-state index < -0.39 is 83.7 Å². The summed E-state index contributed by atoms with van der Waals surface area (Å²) in [5, 5.41) is 38.2. The van der Waals surface area contributed by atoms with Crippen molar-refractivity contribution in [1.82, 2.24) is 50.6 Å². The van der Waals surface area contributed by atoms with Gasteiger partial charge in [0.1, 0.15) is 48.0 Å². The molecule has 2 atom stereocenters. The Bertz CT molecular complexity index is 5920. The minimum absolute atomic E-state index is 0. The molecule has 136 heavy (non-hydrogen) atoms. The average Bonchev–Trinajstić information content (AvgIpc) is 1.60. The Morgan fingerprint density at radius 2 is 0.941 bits per heavy atom. The predicted octanol–water partition coefficient (Wildman–Crippen LogP) is 12.6. The lowest BCUT2D eigenvalue weighted by atomic mass is 9.97. The van der Waals surface area contributed by atoms with Gasteiger partial charge < -0.3 is 65.4 Å². The number of pyridine rings is 2. The summed E-state index contributed by atoms with van der Waals surface area (Å²) in [7, 11) is -1.00. The van der Waals surface area contributed by atoms with Crippen molar-refractivity contribution in [2.24, 2.45) is 0 Å². The van der Waals surface area contributed by atoms with Crippen molar-refractivity contribution in [2.75, 3.05) is 84.4 Å². The van der Waals surface area contributed by atoms with Crippen LogP contribution in [0.5, 0.6) is 23.0 Å². The Balaban J connectivity index is 0.000000235. The van der Waals surface area contributed by atoms with Gasteiger partial charge in [-0.15, -0.1) is 22.7 Å². The summed E-state index contributed by atoms with van der Waals surface area (Å²) in [5.74, 6) is 24.8. The normalized spacial score (nSPS) is 15.6. The van der Waals surface area contributed by atoms with E-state index in [1.54, 1.807) is 101 Å². The minimum Gasteiger partial charge on any atom is -0.493 e. The Hall–Kier alpha value is -13.7. The van der Waals surface area contributed by atoms with Crippen LogP contribution in [-0.4, -0.2) is 205 Å². The number of alkyl halides is 1. The highest BCUT2D eigenvalue weighted by molar-refractivity contribution is 7.15. The maximum absolute atomic E-state index is 13.3. The fraction of sp³-hybridized carbons (Fsp3) is 0.412. The van der Waals surface area contributed by atoms with Crippen molar-refractivity contribution in [2.45, 2.75) is 200 Å². The monoisotopic (exact) mass is 1900 g/mol. The van der Waals surface area contributed by atoms with Crippen LogP contribution in [0.2, 0.25) is 0 Å². The zero-order valence-electron chi connectivity index (χ0n) is 77.2. The first-order chi connectivity index (χ1) is 65.4. The lowest BCUT2D eigenvalue weighted by Crippen LogP contribution is -2.54. The number of aromatic nitrogens is 4. The number of carboxylic acid groups (broad SMARTS) is 1. The van der Waals surface area contributed by atoms with Crippen molar-refractivity contribution >= 4 is 93.4 Å². The molecule has 4 aromatic carbocycles. The summed E-state index contributed by atoms with van der Waals surface area (Å²) >= 11 is 3.33. The molecule has 6 aliphatic rings. The molecule has 6 aliphatic heterocycles. The van der Waals surface area contributed by atoms with Gasteiger partial charge in [0.2, 0.25) is 29.5 Å². The van der Waals surface area contributed by atoms with E-state index >= 15 is 0 Å². The maximum atomic E-state index is 13.3.